The Kier molecular flexibility index (Phi) is 2.22. The van der Waals surface area contributed by atoms with E-state index in [1.807, 2.05) is 0 Å². The highest BCUT2D eigenvalue weighted by atomic mass is 32.2. The maximum absolute atomic E-state index is 11.0. The van der Waals surface area contributed by atoms with Crippen molar-refractivity contribution in [2.75, 3.05) is 7.11 Å². The average molecular weight is 179 g/mol. The summed E-state index contributed by atoms with van der Waals surface area (Å²) in [6.07, 6.45) is 2.82. The topological polar surface area (TPSA) is 69.4 Å². The first-order chi connectivity index (χ1) is 5.02. The van der Waals surface area contributed by atoms with Gasteiger partial charge < -0.3 is 4.74 Å². The Morgan fingerprint density at radius 2 is 1.82 bits per heavy atom. The molecule has 1 aliphatic rings. The van der Waals surface area contributed by atoms with Crippen LogP contribution < -0.4 is 5.14 Å². The number of ether oxygens (including phenoxy) is 1. The quantitative estimate of drug-likeness (QED) is 0.658. The summed E-state index contributed by atoms with van der Waals surface area (Å²) in [5, 5.41) is 5.03. The lowest BCUT2D eigenvalue weighted by molar-refractivity contribution is 0.0675. The fourth-order valence-corrected chi connectivity index (χ4v) is 2.61. The van der Waals surface area contributed by atoms with Gasteiger partial charge in [0.05, 0.1) is 0 Å². The standard InChI is InChI=1S/C6H13NO3S/c1-10-6(11(7,8)9)4-2-3-5-6/h2-5H2,1H3,(H2,7,8,9). The van der Waals surface area contributed by atoms with E-state index in [0.29, 0.717) is 12.8 Å². The fraction of sp³-hybridized carbons (Fsp3) is 1.00. The minimum atomic E-state index is -3.54. The smallest absolute Gasteiger partial charge is 0.239 e. The summed E-state index contributed by atoms with van der Waals surface area (Å²) < 4.78 is 27.0. The molecule has 2 N–H and O–H groups in total. The highest BCUT2D eigenvalue weighted by molar-refractivity contribution is 7.90. The van der Waals surface area contributed by atoms with Crippen LogP contribution >= 0.6 is 0 Å². The van der Waals surface area contributed by atoms with E-state index < -0.39 is 15.0 Å². The van der Waals surface area contributed by atoms with Gasteiger partial charge in [-0.1, -0.05) is 0 Å². The lowest BCUT2D eigenvalue weighted by Gasteiger charge is -2.23. The largest absolute Gasteiger partial charge is 0.361 e. The van der Waals surface area contributed by atoms with E-state index in [4.69, 9.17) is 9.88 Å². The molecule has 5 heteroatoms. The summed E-state index contributed by atoms with van der Waals surface area (Å²) in [6, 6.07) is 0. The van der Waals surface area contributed by atoms with Crippen molar-refractivity contribution in [3.8, 4) is 0 Å². The second-order valence-electron chi connectivity index (χ2n) is 2.87. The number of nitrogens with two attached hydrogens (primary N) is 1. The van der Waals surface area contributed by atoms with Gasteiger partial charge in [-0.05, 0) is 25.7 Å². The summed E-state index contributed by atoms with van der Waals surface area (Å²) in [4.78, 5) is -1.08. The molecule has 1 aliphatic carbocycles. The predicted octanol–water partition coefficient (Wildman–Crippen LogP) is 0.192. The van der Waals surface area contributed by atoms with Crippen LogP contribution in [0.3, 0.4) is 0 Å². The highest BCUT2D eigenvalue weighted by Crippen LogP contribution is 2.35. The SMILES string of the molecule is COC1(S(N)(=O)=O)CCCC1. The van der Waals surface area contributed by atoms with E-state index in [0.717, 1.165) is 12.8 Å². The number of sulfonamides is 1. The monoisotopic (exact) mass is 179 g/mol. The molecule has 66 valence electrons. The maximum atomic E-state index is 11.0. The minimum Gasteiger partial charge on any atom is -0.361 e. The number of hydrogen-bond donors (Lipinski definition) is 1. The van der Waals surface area contributed by atoms with Gasteiger partial charge in [-0.15, -0.1) is 0 Å². The van der Waals surface area contributed by atoms with Crippen LogP contribution in [-0.2, 0) is 14.8 Å². The van der Waals surface area contributed by atoms with Crippen LogP contribution in [0.25, 0.3) is 0 Å². The fourth-order valence-electron chi connectivity index (χ4n) is 1.52. The van der Waals surface area contributed by atoms with Crippen molar-refractivity contribution in [2.45, 2.75) is 30.6 Å². The summed E-state index contributed by atoms with van der Waals surface area (Å²) in [5.74, 6) is 0. The first kappa shape index (κ1) is 8.96. The molecule has 1 saturated carbocycles. The van der Waals surface area contributed by atoms with Crippen LogP contribution in [0.5, 0.6) is 0 Å². The van der Waals surface area contributed by atoms with E-state index in [9.17, 15) is 8.42 Å². The number of hydrogen-bond acceptors (Lipinski definition) is 3. The minimum absolute atomic E-state index is 0.530. The Labute approximate surface area is 66.8 Å². The molecule has 0 unspecified atom stereocenters. The van der Waals surface area contributed by atoms with Crippen molar-refractivity contribution in [3.63, 3.8) is 0 Å². The molecular weight excluding hydrogens is 166 g/mol. The van der Waals surface area contributed by atoms with Gasteiger partial charge in [-0.25, -0.2) is 13.6 Å². The zero-order valence-corrected chi connectivity index (χ0v) is 7.36. The number of methoxy groups -OCH3 is 1. The molecule has 0 atom stereocenters. The third-order valence-corrected chi connectivity index (χ3v) is 3.87. The van der Waals surface area contributed by atoms with Gasteiger partial charge in [0.2, 0.25) is 10.0 Å². The van der Waals surface area contributed by atoms with E-state index in [2.05, 4.69) is 0 Å². The second kappa shape index (κ2) is 2.73. The van der Waals surface area contributed by atoms with E-state index >= 15 is 0 Å². The van der Waals surface area contributed by atoms with E-state index in [1.165, 1.54) is 7.11 Å². The molecule has 0 spiro atoms. The Balaban J connectivity index is 2.93. The molecule has 0 aromatic heterocycles. The molecule has 0 radical (unpaired) electrons. The second-order valence-corrected chi connectivity index (χ2v) is 4.70. The Morgan fingerprint density at radius 1 is 1.36 bits per heavy atom. The van der Waals surface area contributed by atoms with E-state index in [1.54, 1.807) is 0 Å². The lowest BCUT2D eigenvalue weighted by Crippen LogP contribution is -2.42. The molecule has 11 heavy (non-hydrogen) atoms. The van der Waals surface area contributed by atoms with Gasteiger partial charge in [-0.3, -0.25) is 0 Å². The van der Waals surface area contributed by atoms with Crippen LogP contribution in [0.1, 0.15) is 25.7 Å². The third kappa shape index (κ3) is 1.40. The van der Waals surface area contributed by atoms with Crippen LogP contribution in [-0.4, -0.2) is 20.5 Å². The van der Waals surface area contributed by atoms with Crippen molar-refractivity contribution in [2.24, 2.45) is 5.14 Å². The summed E-state index contributed by atoms with van der Waals surface area (Å²) in [6.45, 7) is 0. The van der Waals surface area contributed by atoms with Crippen molar-refractivity contribution in [3.05, 3.63) is 0 Å². The molecule has 4 nitrogen and oxygen atoms in total. The first-order valence-corrected chi connectivity index (χ1v) is 5.14. The zero-order chi connectivity index (χ0) is 8.54. The van der Waals surface area contributed by atoms with Gasteiger partial charge in [-0.2, -0.15) is 0 Å². The zero-order valence-electron chi connectivity index (χ0n) is 6.54. The highest BCUT2D eigenvalue weighted by Gasteiger charge is 2.44. The molecule has 0 saturated heterocycles. The number of rotatable bonds is 2. The molecule has 1 fully saturated rings. The van der Waals surface area contributed by atoms with Gasteiger partial charge in [0.1, 0.15) is 0 Å². The first-order valence-electron chi connectivity index (χ1n) is 3.59. The molecule has 0 aromatic carbocycles. The third-order valence-electron chi connectivity index (χ3n) is 2.26. The lowest BCUT2D eigenvalue weighted by atomic mass is 10.3. The average Bonchev–Trinajstić information content (AvgIpc) is 2.33. The Hall–Kier alpha value is -0.130. The molecule has 1 rings (SSSR count). The molecule has 0 aromatic rings. The molecular formula is C6H13NO3S. The Morgan fingerprint density at radius 3 is 2.00 bits per heavy atom. The molecule has 0 bridgehead atoms. The van der Waals surface area contributed by atoms with Gasteiger partial charge >= 0.3 is 0 Å². The van der Waals surface area contributed by atoms with Crippen molar-refractivity contribution >= 4 is 10.0 Å². The molecule has 0 aliphatic heterocycles. The molecule has 0 amide bonds. The van der Waals surface area contributed by atoms with Gasteiger partial charge in [0, 0.05) is 7.11 Å². The van der Waals surface area contributed by atoms with Crippen LogP contribution in [0.2, 0.25) is 0 Å². The molecule has 0 heterocycles. The van der Waals surface area contributed by atoms with Crippen molar-refractivity contribution in [1.82, 2.24) is 0 Å². The van der Waals surface area contributed by atoms with Crippen LogP contribution in [0.15, 0.2) is 0 Å². The maximum Gasteiger partial charge on any atom is 0.239 e. The van der Waals surface area contributed by atoms with Gasteiger partial charge in [0.25, 0.3) is 0 Å². The normalized spacial score (nSPS) is 23.8. The summed E-state index contributed by atoms with van der Waals surface area (Å²) in [5.41, 5.74) is 0. The van der Waals surface area contributed by atoms with Crippen molar-refractivity contribution in [1.29, 1.82) is 0 Å². The van der Waals surface area contributed by atoms with Gasteiger partial charge in [0.15, 0.2) is 4.93 Å². The Bertz CT molecular complexity index is 228. The predicted molar refractivity (Wildman–Crippen MR) is 41.3 cm³/mol. The summed E-state index contributed by atoms with van der Waals surface area (Å²) >= 11 is 0. The van der Waals surface area contributed by atoms with Crippen LogP contribution in [0.4, 0.5) is 0 Å². The number of primary sulfonamides is 1. The van der Waals surface area contributed by atoms with Crippen LogP contribution in [0, 0.1) is 0 Å². The van der Waals surface area contributed by atoms with E-state index in [-0.39, 0.29) is 0 Å². The van der Waals surface area contributed by atoms with Crippen molar-refractivity contribution < 1.29 is 13.2 Å². The summed E-state index contributed by atoms with van der Waals surface area (Å²) in [7, 11) is -2.14.